The van der Waals surface area contributed by atoms with Crippen LogP contribution in [0.3, 0.4) is 0 Å². The van der Waals surface area contributed by atoms with Gasteiger partial charge in [0.15, 0.2) is 0 Å². The Morgan fingerprint density at radius 3 is 2.53 bits per heavy atom. The summed E-state index contributed by atoms with van der Waals surface area (Å²) in [4.78, 5) is 11.8. The van der Waals surface area contributed by atoms with Crippen molar-refractivity contribution in [2.45, 2.75) is 38.8 Å². The highest BCUT2D eigenvalue weighted by molar-refractivity contribution is 6.42. The van der Waals surface area contributed by atoms with Crippen molar-refractivity contribution in [3.8, 4) is 0 Å². The summed E-state index contributed by atoms with van der Waals surface area (Å²) >= 11 is 11.8. The Bertz CT molecular complexity index is 426. The molecule has 0 radical (unpaired) electrons. The van der Waals surface area contributed by atoms with Crippen LogP contribution in [0.25, 0.3) is 0 Å². The summed E-state index contributed by atoms with van der Waals surface area (Å²) in [6.45, 7) is 3.88. The number of hydrogen-bond donors (Lipinski definition) is 2. The van der Waals surface area contributed by atoms with Crippen molar-refractivity contribution in [3.05, 3.63) is 33.8 Å². The molecule has 0 fully saturated rings. The molecular formula is C13H19Cl3N2O. The monoisotopic (exact) mass is 324 g/mol. The molecule has 108 valence electrons. The van der Waals surface area contributed by atoms with Gasteiger partial charge in [-0.1, -0.05) is 42.6 Å². The second-order valence-corrected chi connectivity index (χ2v) is 5.11. The molecule has 1 rings (SSSR count). The molecule has 0 aliphatic carbocycles. The molecule has 3 N–H and O–H groups in total. The Labute approximate surface area is 130 Å². The van der Waals surface area contributed by atoms with Gasteiger partial charge in [0.05, 0.1) is 22.1 Å². The minimum Gasteiger partial charge on any atom is -0.348 e. The zero-order valence-corrected chi connectivity index (χ0v) is 13.3. The van der Waals surface area contributed by atoms with Crippen LogP contribution < -0.4 is 11.1 Å². The molecule has 0 saturated carbocycles. The Kier molecular flexibility index (Phi) is 8.42. The quantitative estimate of drug-likeness (QED) is 0.867. The molecule has 1 amide bonds. The van der Waals surface area contributed by atoms with E-state index in [2.05, 4.69) is 5.32 Å². The van der Waals surface area contributed by atoms with Crippen LogP contribution in [0.15, 0.2) is 18.2 Å². The van der Waals surface area contributed by atoms with E-state index in [0.29, 0.717) is 16.5 Å². The molecule has 3 nitrogen and oxygen atoms in total. The predicted octanol–water partition coefficient (Wildman–Crippen LogP) is 3.72. The number of rotatable bonds is 5. The van der Waals surface area contributed by atoms with Crippen molar-refractivity contribution >= 4 is 41.5 Å². The maximum absolute atomic E-state index is 11.8. The summed E-state index contributed by atoms with van der Waals surface area (Å²) in [5, 5.41) is 3.84. The number of carbonyl (C=O) groups excluding carboxylic acids is 1. The average molecular weight is 326 g/mol. The first-order valence-electron chi connectivity index (χ1n) is 5.96. The second-order valence-electron chi connectivity index (χ2n) is 4.30. The topological polar surface area (TPSA) is 55.1 Å². The lowest BCUT2D eigenvalue weighted by Crippen LogP contribution is -2.41. The number of carbonyl (C=O) groups is 1. The third kappa shape index (κ3) is 5.57. The van der Waals surface area contributed by atoms with Gasteiger partial charge in [-0.05, 0) is 31.0 Å². The van der Waals surface area contributed by atoms with Crippen molar-refractivity contribution in [1.29, 1.82) is 0 Å². The van der Waals surface area contributed by atoms with Crippen LogP contribution in [0.4, 0.5) is 0 Å². The first kappa shape index (κ1) is 18.5. The smallest absolute Gasteiger partial charge is 0.237 e. The lowest BCUT2D eigenvalue weighted by molar-refractivity contribution is -0.123. The van der Waals surface area contributed by atoms with E-state index < -0.39 is 6.04 Å². The van der Waals surface area contributed by atoms with E-state index in [-0.39, 0.29) is 24.4 Å². The van der Waals surface area contributed by atoms with Gasteiger partial charge in [-0.15, -0.1) is 12.4 Å². The summed E-state index contributed by atoms with van der Waals surface area (Å²) in [5.74, 6) is -0.143. The van der Waals surface area contributed by atoms with Gasteiger partial charge in [0.1, 0.15) is 0 Å². The van der Waals surface area contributed by atoms with Crippen LogP contribution in [0.1, 0.15) is 38.3 Å². The maximum Gasteiger partial charge on any atom is 0.237 e. The van der Waals surface area contributed by atoms with Crippen molar-refractivity contribution in [1.82, 2.24) is 5.32 Å². The van der Waals surface area contributed by atoms with Crippen LogP contribution in [0.2, 0.25) is 10.0 Å². The Morgan fingerprint density at radius 1 is 1.37 bits per heavy atom. The SMILES string of the molecule is CCCC(N)C(=O)NC(C)c1ccc(Cl)c(Cl)c1.Cl. The van der Waals surface area contributed by atoms with E-state index >= 15 is 0 Å². The van der Waals surface area contributed by atoms with E-state index in [1.165, 1.54) is 0 Å². The maximum atomic E-state index is 11.8. The lowest BCUT2D eigenvalue weighted by Gasteiger charge is -2.18. The molecule has 1 aromatic carbocycles. The molecule has 2 atom stereocenters. The van der Waals surface area contributed by atoms with E-state index in [1.807, 2.05) is 19.9 Å². The minimum absolute atomic E-state index is 0. The Balaban J connectivity index is 0.00000324. The summed E-state index contributed by atoms with van der Waals surface area (Å²) < 4.78 is 0. The fraction of sp³-hybridized carbons (Fsp3) is 0.462. The Morgan fingerprint density at radius 2 is 2.00 bits per heavy atom. The average Bonchev–Trinajstić information content (AvgIpc) is 2.32. The fourth-order valence-electron chi connectivity index (χ4n) is 1.63. The van der Waals surface area contributed by atoms with Crippen molar-refractivity contribution in [3.63, 3.8) is 0 Å². The lowest BCUT2D eigenvalue weighted by atomic mass is 10.1. The predicted molar refractivity (Wildman–Crippen MR) is 83.2 cm³/mol. The Hall–Kier alpha value is -0.480. The summed E-state index contributed by atoms with van der Waals surface area (Å²) in [7, 11) is 0. The summed E-state index contributed by atoms with van der Waals surface area (Å²) in [5.41, 5.74) is 6.65. The van der Waals surface area contributed by atoms with Gasteiger partial charge in [-0.2, -0.15) is 0 Å². The van der Waals surface area contributed by atoms with Crippen molar-refractivity contribution in [2.24, 2.45) is 5.73 Å². The summed E-state index contributed by atoms with van der Waals surface area (Å²) in [6.07, 6.45) is 1.57. The number of halogens is 3. The molecule has 0 bridgehead atoms. The van der Waals surface area contributed by atoms with Crippen LogP contribution in [0.5, 0.6) is 0 Å². The molecule has 0 aliphatic rings. The highest BCUT2D eigenvalue weighted by Gasteiger charge is 2.16. The molecule has 0 heterocycles. The minimum atomic E-state index is -0.458. The first-order chi connectivity index (χ1) is 8.45. The number of amides is 1. The van der Waals surface area contributed by atoms with Crippen LogP contribution in [-0.4, -0.2) is 11.9 Å². The normalized spacial score (nSPS) is 13.3. The van der Waals surface area contributed by atoms with Gasteiger partial charge in [0.25, 0.3) is 0 Å². The van der Waals surface area contributed by atoms with Gasteiger partial charge in [0.2, 0.25) is 5.91 Å². The van der Waals surface area contributed by atoms with E-state index in [0.717, 1.165) is 12.0 Å². The molecule has 19 heavy (non-hydrogen) atoms. The van der Waals surface area contributed by atoms with Crippen molar-refractivity contribution in [2.75, 3.05) is 0 Å². The van der Waals surface area contributed by atoms with E-state index in [1.54, 1.807) is 12.1 Å². The van der Waals surface area contributed by atoms with Gasteiger partial charge in [0, 0.05) is 0 Å². The molecule has 6 heteroatoms. The fourth-order valence-corrected chi connectivity index (χ4v) is 1.93. The first-order valence-corrected chi connectivity index (χ1v) is 6.72. The third-order valence-electron chi connectivity index (χ3n) is 2.74. The standard InChI is InChI=1S/C13H18Cl2N2O.ClH/c1-3-4-12(16)13(18)17-8(2)9-5-6-10(14)11(15)7-9;/h5-8,12H,3-4,16H2,1-2H3,(H,17,18);1H. The van der Waals surface area contributed by atoms with Gasteiger partial charge < -0.3 is 11.1 Å². The second kappa shape index (κ2) is 8.64. The number of nitrogens with one attached hydrogen (secondary N) is 1. The molecule has 1 aromatic rings. The largest absolute Gasteiger partial charge is 0.348 e. The van der Waals surface area contributed by atoms with Crippen LogP contribution >= 0.6 is 35.6 Å². The van der Waals surface area contributed by atoms with E-state index in [9.17, 15) is 4.79 Å². The number of hydrogen-bond acceptors (Lipinski definition) is 2. The molecule has 0 aromatic heterocycles. The molecule has 0 aliphatic heterocycles. The van der Waals surface area contributed by atoms with E-state index in [4.69, 9.17) is 28.9 Å². The number of nitrogens with two attached hydrogens (primary N) is 1. The molecule has 2 unspecified atom stereocenters. The molecule has 0 spiro atoms. The van der Waals surface area contributed by atoms with Gasteiger partial charge >= 0.3 is 0 Å². The zero-order chi connectivity index (χ0) is 13.7. The van der Waals surface area contributed by atoms with Gasteiger partial charge in [-0.3, -0.25) is 4.79 Å². The highest BCUT2D eigenvalue weighted by Crippen LogP contribution is 2.25. The molecular weight excluding hydrogens is 307 g/mol. The van der Waals surface area contributed by atoms with Crippen LogP contribution in [-0.2, 0) is 4.79 Å². The zero-order valence-electron chi connectivity index (χ0n) is 11.0. The molecule has 0 saturated heterocycles. The van der Waals surface area contributed by atoms with Crippen LogP contribution in [0, 0.1) is 0 Å². The number of benzene rings is 1. The third-order valence-corrected chi connectivity index (χ3v) is 3.48. The highest BCUT2D eigenvalue weighted by atomic mass is 35.5. The van der Waals surface area contributed by atoms with Crippen molar-refractivity contribution < 1.29 is 4.79 Å². The van der Waals surface area contributed by atoms with Gasteiger partial charge in [-0.25, -0.2) is 0 Å². The summed E-state index contributed by atoms with van der Waals surface area (Å²) in [6, 6.07) is 4.70.